The number of likely N-dealkylation sites (tertiary alicyclic amines) is 1. The van der Waals surface area contributed by atoms with Crippen molar-refractivity contribution in [1.82, 2.24) is 4.90 Å². The van der Waals surface area contributed by atoms with Gasteiger partial charge >= 0.3 is 6.18 Å². The summed E-state index contributed by atoms with van der Waals surface area (Å²) in [5, 5.41) is 0. The molecule has 1 aliphatic rings. The molecule has 2 aromatic carbocycles. The number of benzene rings is 2. The maximum absolute atomic E-state index is 13.9. The molecule has 1 atom stereocenters. The summed E-state index contributed by atoms with van der Waals surface area (Å²) in [6, 6.07) is 7.83. The van der Waals surface area contributed by atoms with Gasteiger partial charge in [-0.3, -0.25) is 9.69 Å². The number of halogens is 5. The summed E-state index contributed by atoms with van der Waals surface area (Å²) in [7, 11) is 0. The predicted molar refractivity (Wildman–Crippen MR) is 90.1 cm³/mol. The maximum atomic E-state index is 13.9. The van der Waals surface area contributed by atoms with Crippen LogP contribution in [0.3, 0.4) is 0 Å². The Morgan fingerprint density at radius 1 is 1.11 bits per heavy atom. The molecular weight excluding hydrogens is 365 g/mol. The maximum Gasteiger partial charge on any atom is 0.416 e. The summed E-state index contributed by atoms with van der Waals surface area (Å²) in [5.41, 5.74) is -0.498. The second-order valence-electron chi connectivity index (χ2n) is 6.76. The Hall–Kier alpha value is -2.28. The zero-order valence-electron chi connectivity index (χ0n) is 14.4. The third-order valence-corrected chi connectivity index (χ3v) is 4.73. The summed E-state index contributed by atoms with van der Waals surface area (Å²) >= 11 is 0. The van der Waals surface area contributed by atoms with Crippen molar-refractivity contribution in [1.29, 1.82) is 0 Å². The van der Waals surface area contributed by atoms with E-state index in [-0.39, 0.29) is 12.1 Å². The Labute approximate surface area is 153 Å². The first-order chi connectivity index (χ1) is 12.7. The van der Waals surface area contributed by atoms with Crippen LogP contribution in [0.25, 0.3) is 0 Å². The molecule has 1 aliphatic heterocycles. The van der Waals surface area contributed by atoms with Gasteiger partial charge in [-0.05, 0) is 49.2 Å². The van der Waals surface area contributed by atoms with E-state index in [0.29, 0.717) is 31.5 Å². The van der Waals surface area contributed by atoms with Gasteiger partial charge in [0.05, 0.1) is 11.1 Å². The molecule has 0 unspecified atom stereocenters. The van der Waals surface area contributed by atoms with E-state index < -0.39 is 35.1 Å². The highest BCUT2D eigenvalue weighted by atomic mass is 19.4. The summed E-state index contributed by atoms with van der Waals surface area (Å²) in [5.74, 6) is -2.44. The molecule has 1 saturated heterocycles. The van der Waals surface area contributed by atoms with Crippen LogP contribution in [0.15, 0.2) is 42.5 Å². The fourth-order valence-corrected chi connectivity index (χ4v) is 3.42. The van der Waals surface area contributed by atoms with Crippen LogP contribution >= 0.6 is 0 Å². The van der Waals surface area contributed by atoms with Crippen LogP contribution in [-0.4, -0.2) is 23.8 Å². The Morgan fingerprint density at radius 3 is 2.63 bits per heavy atom. The van der Waals surface area contributed by atoms with E-state index in [1.54, 1.807) is 6.07 Å². The van der Waals surface area contributed by atoms with Crippen molar-refractivity contribution in [3.63, 3.8) is 0 Å². The van der Waals surface area contributed by atoms with Crippen molar-refractivity contribution in [2.45, 2.75) is 25.6 Å². The van der Waals surface area contributed by atoms with Gasteiger partial charge in [-0.2, -0.15) is 13.2 Å². The lowest BCUT2D eigenvalue weighted by Crippen LogP contribution is -2.38. The minimum absolute atomic E-state index is 0.263. The average Bonchev–Trinajstić information content (AvgIpc) is 2.63. The molecule has 0 amide bonds. The van der Waals surface area contributed by atoms with E-state index in [2.05, 4.69) is 0 Å². The number of nitrogens with zero attached hydrogens (tertiary/aromatic N) is 1. The van der Waals surface area contributed by atoms with Crippen LogP contribution < -0.4 is 0 Å². The number of alkyl halides is 3. The van der Waals surface area contributed by atoms with E-state index in [0.717, 1.165) is 30.3 Å². The molecule has 0 spiro atoms. The summed E-state index contributed by atoms with van der Waals surface area (Å²) < 4.78 is 65.8. The minimum Gasteiger partial charge on any atom is -0.298 e. The summed E-state index contributed by atoms with van der Waals surface area (Å²) in [6.45, 7) is 1.19. The highest BCUT2D eigenvalue weighted by Crippen LogP contribution is 2.30. The molecule has 0 N–H and O–H groups in total. The smallest absolute Gasteiger partial charge is 0.298 e. The van der Waals surface area contributed by atoms with Gasteiger partial charge in [-0.25, -0.2) is 8.78 Å². The van der Waals surface area contributed by atoms with Crippen LogP contribution in [-0.2, 0) is 12.7 Å². The van der Waals surface area contributed by atoms with Crippen molar-refractivity contribution >= 4 is 5.78 Å². The Kier molecular flexibility index (Phi) is 5.60. The van der Waals surface area contributed by atoms with E-state index in [1.807, 2.05) is 4.90 Å². The largest absolute Gasteiger partial charge is 0.416 e. The fourth-order valence-electron chi connectivity index (χ4n) is 3.42. The van der Waals surface area contributed by atoms with Crippen molar-refractivity contribution in [3.05, 3.63) is 70.8 Å². The molecule has 1 heterocycles. The zero-order valence-corrected chi connectivity index (χ0v) is 14.4. The van der Waals surface area contributed by atoms with Crippen LogP contribution in [0.5, 0.6) is 0 Å². The topological polar surface area (TPSA) is 20.3 Å². The lowest BCUT2D eigenvalue weighted by molar-refractivity contribution is -0.137. The van der Waals surface area contributed by atoms with Gasteiger partial charge in [0, 0.05) is 19.0 Å². The number of piperidine rings is 1. The number of carbonyl (C=O) groups excluding carboxylic acids is 1. The molecule has 2 aromatic rings. The third kappa shape index (κ3) is 4.71. The lowest BCUT2D eigenvalue weighted by Gasteiger charge is -2.32. The van der Waals surface area contributed by atoms with Crippen molar-refractivity contribution in [2.24, 2.45) is 5.92 Å². The standard InChI is InChI=1S/C20H18F5NO/c21-16-6-7-18(22)17(10-16)19(27)14-4-2-8-26(12-14)11-13-3-1-5-15(9-13)20(23,24)25/h1,3,5-7,9-10,14H,2,4,8,11-12H2/t14-/m1/s1. The van der Waals surface area contributed by atoms with Crippen molar-refractivity contribution < 1.29 is 26.7 Å². The molecule has 1 fully saturated rings. The number of hydrogen-bond acceptors (Lipinski definition) is 2. The molecule has 27 heavy (non-hydrogen) atoms. The van der Waals surface area contributed by atoms with E-state index in [9.17, 15) is 26.7 Å². The first kappa shape index (κ1) is 19.5. The van der Waals surface area contributed by atoms with Gasteiger partial charge < -0.3 is 0 Å². The molecule has 144 valence electrons. The highest BCUT2D eigenvalue weighted by molar-refractivity contribution is 5.98. The predicted octanol–water partition coefficient (Wildman–Crippen LogP) is 5.08. The van der Waals surface area contributed by atoms with Gasteiger partial charge in [-0.15, -0.1) is 0 Å². The summed E-state index contributed by atoms with van der Waals surface area (Å²) in [6.07, 6.45) is -3.22. The molecule has 0 aromatic heterocycles. The van der Waals surface area contributed by atoms with Crippen LogP contribution in [0, 0.1) is 17.6 Å². The highest BCUT2D eigenvalue weighted by Gasteiger charge is 2.31. The van der Waals surface area contributed by atoms with Gasteiger partial charge in [-0.1, -0.05) is 18.2 Å². The van der Waals surface area contributed by atoms with E-state index in [1.165, 1.54) is 6.07 Å². The van der Waals surface area contributed by atoms with Gasteiger partial charge in [0.25, 0.3) is 0 Å². The quantitative estimate of drug-likeness (QED) is 0.542. The molecular formula is C20H18F5NO. The Morgan fingerprint density at radius 2 is 1.89 bits per heavy atom. The van der Waals surface area contributed by atoms with Crippen molar-refractivity contribution in [2.75, 3.05) is 13.1 Å². The van der Waals surface area contributed by atoms with Crippen LogP contribution in [0.2, 0.25) is 0 Å². The van der Waals surface area contributed by atoms with Gasteiger partial charge in [0.2, 0.25) is 0 Å². The van der Waals surface area contributed by atoms with Crippen LogP contribution in [0.4, 0.5) is 22.0 Å². The molecule has 0 saturated carbocycles. The Bertz CT molecular complexity index is 833. The number of ketones is 1. The molecule has 7 heteroatoms. The fraction of sp³-hybridized carbons (Fsp3) is 0.350. The van der Waals surface area contributed by atoms with Crippen molar-refractivity contribution in [3.8, 4) is 0 Å². The second-order valence-corrected chi connectivity index (χ2v) is 6.76. The minimum atomic E-state index is -4.41. The van der Waals surface area contributed by atoms with Gasteiger partial charge in [0.1, 0.15) is 11.6 Å². The summed E-state index contributed by atoms with van der Waals surface area (Å²) in [4.78, 5) is 14.4. The number of rotatable bonds is 4. The molecule has 3 rings (SSSR count). The lowest BCUT2D eigenvalue weighted by atomic mass is 9.89. The normalized spacial score (nSPS) is 18.5. The first-order valence-electron chi connectivity index (χ1n) is 8.62. The molecule has 0 radical (unpaired) electrons. The first-order valence-corrected chi connectivity index (χ1v) is 8.62. The molecule has 0 bridgehead atoms. The van der Waals surface area contributed by atoms with Gasteiger partial charge in [0.15, 0.2) is 5.78 Å². The Balaban J connectivity index is 1.71. The zero-order chi connectivity index (χ0) is 19.6. The van der Waals surface area contributed by atoms with E-state index in [4.69, 9.17) is 0 Å². The monoisotopic (exact) mass is 383 g/mol. The number of hydrogen-bond donors (Lipinski definition) is 0. The second kappa shape index (κ2) is 7.76. The van der Waals surface area contributed by atoms with Crippen LogP contribution in [0.1, 0.15) is 34.3 Å². The molecule has 2 nitrogen and oxygen atoms in total. The van der Waals surface area contributed by atoms with E-state index >= 15 is 0 Å². The SMILES string of the molecule is O=C(c1cc(F)ccc1F)[C@@H]1CCCN(Cc2cccc(C(F)(F)F)c2)C1. The average molecular weight is 383 g/mol. The molecule has 0 aliphatic carbocycles. The third-order valence-electron chi connectivity index (χ3n) is 4.73. The number of carbonyl (C=O) groups is 1. The number of Topliss-reactive ketones (excluding diaryl/α,β-unsaturated/α-hetero) is 1.